The van der Waals surface area contributed by atoms with Gasteiger partial charge < -0.3 is 10.2 Å². The third-order valence-electron chi connectivity index (χ3n) is 4.40. The van der Waals surface area contributed by atoms with Crippen LogP contribution in [-0.2, 0) is 11.3 Å². The lowest BCUT2D eigenvalue weighted by Gasteiger charge is -2.13. The molecular weight excluding hydrogens is 366 g/mol. The molecule has 0 radical (unpaired) electrons. The summed E-state index contributed by atoms with van der Waals surface area (Å²) in [5.41, 5.74) is 3.92. The highest BCUT2D eigenvalue weighted by molar-refractivity contribution is 5.94. The molecule has 29 heavy (non-hydrogen) atoms. The van der Waals surface area contributed by atoms with Crippen molar-refractivity contribution >= 4 is 11.9 Å². The van der Waals surface area contributed by atoms with Crippen molar-refractivity contribution in [2.75, 3.05) is 20.1 Å². The summed E-state index contributed by atoms with van der Waals surface area (Å²) >= 11 is 0. The number of rotatable bonds is 7. The molecule has 0 saturated heterocycles. The third kappa shape index (κ3) is 5.52. The second-order valence-electron chi connectivity index (χ2n) is 6.87. The van der Waals surface area contributed by atoms with Gasteiger partial charge in [-0.05, 0) is 19.1 Å². The lowest BCUT2D eigenvalue weighted by Crippen LogP contribution is -3.09. The molecule has 0 aliphatic heterocycles. The van der Waals surface area contributed by atoms with E-state index in [-0.39, 0.29) is 12.5 Å². The van der Waals surface area contributed by atoms with Crippen molar-refractivity contribution in [1.29, 1.82) is 0 Å². The summed E-state index contributed by atoms with van der Waals surface area (Å²) in [4.78, 5) is 24.6. The molecule has 0 fully saturated rings. The van der Waals surface area contributed by atoms with Crippen LogP contribution in [0, 0.1) is 0 Å². The van der Waals surface area contributed by atoms with Gasteiger partial charge in [0.05, 0.1) is 18.3 Å². The maximum absolute atomic E-state index is 12.1. The lowest BCUT2D eigenvalue weighted by atomic mass is 10.1. The van der Waals surface area contributed by atoms with Gasteiger partial charge in [-0.25, -0.2) is 9.48 Å². The van der Waals surface area contributed by atoms with Crippen LogP contribution in [0.25, 0.3) is 16.9 Å². The van der Waals surface area contributed by atoms with E-state index >= 15 is 0 Å². The maximum atomic E-state index is 12.1. The molecule has 1 unspecified atom stereocenters. The van der Waals surface area contributed by atoms with E-state index in [1.807, 2.05) is 78.6 Å². The number of carbonyl (C=O) groups is 2. The van der Waals surface area contributed by atoms with Crippen LogP contribution in [0.15, 0.2) is 66.9 Å². The molecule has 1 aromatic heterocycles. The van der Waals surface area contributed by atoms with Crippen LogP contribution in [-0.4, -0.2) is 41.9 Å². The zero-order valence-corrected chi connectivity index (χ0v) is 16.7. The van der Waals surface area contributed by atoms with Crippen molar-refractivity contribution in [3.63, 3.8) is 0 Å². The van der Waals surface area contributed by atoms with Gasteiger partial charge in [0.2, 0.25) is 0 Å². The monoisotopic (exact) mass is 392 g/mol. The zero-order valence-electron chi connectivity index (χ0n) is 16.7. The number of para-hydroxylation sites is 1. The largest absolute Gasteiger partial charge is 0.338 e. The number of nitrogens with zero attached hydrogens (tertiary/aromatic N) is 2. The average molecular weight is 392 g/mol. The molecule has 7 nitrogen and oxygen atoms in total. The van der Waals surface area contributed by atoms with E-state index < -0.39 is 6.03 Å². The van der Waals surface area contributed by atoms with Crippen molar-refractivity contribution in [3.8, 4) is 16.9 Å². The number of likely N-dealkylation sites (N-methyl/N-ethyl adjacent to an activating group) is 1. The Bertz CT molecular complexity index is 954. The minimum absolute atomic E-state index is 0.182. The summed E-state index contributed by atoms with van der Waals surface area (Å²) in [6.45, 7) is 3.06. The summed E-state index contributed by atoms with van der Waals surface area (Å²) in [5, 5.41) is 9.70. The number of aromatic nitrogens is 2. The first-order valence-corrected chi connectivity index (χ1v) is 9.65. The molecule has 150 valence electrons. The molecule has 0 aliphatic carbocycles. The Labute approximate surface area is 170 Å². The van der Waals surface area contributed by atoms with Crippen LogP contribution in [0.1, 0.15) is 12.5 Å². The molecule has 1 heterocycles. The Morgan fingerprint density at radius 1 is 1.03 bits per heavy atom. The van der Waals surface area contributed by atoms with Gasteiger partial charge >= 0.3 is 6.03 Å². The fourth-order valence-electron chi connectivity index (χ4n) is 3.13. The standard InChI is InChI=1S/C22H25N5O2/c1-3-23-22(29)24-20(28)16-26(2)14-18-15-27(19-12-8-5-9-13-19)25-21(18)17-10-6-4-7-11-17/h4-13,15H,3,14,16H2,1-2H3,(H2,23,24,28,29)/p+1. The number of carbonyl (C=O) groups excluding carboxylic acids is 2. The van der Waals surface area contributed by atoms with E-state index in [4.69, 9.17) is 5.10 Å². The van der Waals surface area contributed by atoms with Gasteiger partial charge in [0.15, 0.2) is 6.54 Å². The molecule has 0 spiro atoms. The summed E-state index contributed by atoms with van der Waals surface area (Å²) < 4.78 is 1.86. The van der Waals surface area contributed by atoms with E-state index in [2.05, 4.69) is 10.6 Å². The minimum Gasteiger partial charge on any atom is -0.338 e. The Balaban J connectivity index is 1.79. The number of benzene rings is 2. The molecule has 0 bridgehead atoms. The highest BCUT2D eigenvalue weighted by Crippen LogP contribution is 2.23. The highest BCUT2D eigenvalue weighted by Gasteiger charge is 2.18. The quantitative estimate of drug-likeness (QED) is 0.569. The van der Waals surface area contributed by atoms with Gasteiger partial charge in [0.25, 0.3) is 5.91 Å². The van der Waals surface area contributed by atoms with E-state index in [0.717, 1.165) is 27.4 Å². The molecule has 7 heteroatoms. The Kier molecular flexibility index (Phi) is 6.76. The van der Waals surface area contributed by atoms with Gasteiger partial charge in [-0.2, -0.15) is 5.10 Å². The van der Waals surface area contributed by atoms with Crippen LogP contribution < -0.4 is 15.5 Å². The second-order valence-corrected chi connectivity index (χ2v) is 6.87. The average Bonchev–Trinajstić information content (AvgIpc) is 3.13. The fraction of sp³-hybridized carbons (Fsp3) is 0.227. The Hall–Kier alpha value is -3.45. The van der Waals surface area contributed by atoms with Gasteiger partial charge in [-0.3, -0.25) is 10.1 Å². The first-order chi connectivity index (χ1) is 14.1. The Morgan fingerprint density at radius 2 is 1.69 bits per heavy atom. The summed E-state index contributed by atoms with van der Waals surface area (Å²) in [6.07, 6.45) is 2.00. The van der Waals surface area contributed by atoms with E-state index in [1.54, 1.807) is 6.92 Å². The van der Waals surface area contributed by atoms with Crippen LogP contribution in [0.3, 0.4) is 0 Å². The van der Waals surface area contributed by atoms with Crippen LogP contribution in [0.4, 0.5) is 4.79 Å². The molecular formula is C22H26N5O2+. The predicted octanol–water partition coefficient (Wildman–Crippen LogP) is 1.40. The van der Waals surface area contributed by atoms with E-state index in [9.17, 15) is 9.59 Å². The smallest absolute Gasteiger partial charge is 0.321 e. The third-order valence-corrected chi connectivity index (χ3v) is 4.40. The lowest BCUT2D eigenvalue weighted by molar-refractivity contribution is -0.885. The van der Waals surface area contributed by atoms with Crippen LogP contribution in [0.5, 0.6) is 0 Å². The Morgan fingerprint density at radius 3 is 2.34 bits per heavy atom. The van der Waals surface area contributed by atoms with E-state index in [1.165, 1.54) is 0 Å². The molecule has 3 rings (SSSR count). The number of hydrogen-bond acceptors (Lipinski definition) is 3. The number of quaternary nitrogens is 1. The SMILES string of the molecule is CCNC(=O)NC(=O)C[NH+](C)Cc1cn(-c2ccccc2)nc1-c1ccccc1. The van der Waals surface area contributed by atoms with Crippen LogP contribution >= 0.6 is 0 Å². The molecule has 0 aliphatic rings. The van der Waals surface area contributed by atoms with E-state index in [0.29, 0.717) is 13.1 Å². The molecule has 0 saturated carbocycles. The van der Waals surface area contributed by atoms with Gasteiger partial charge in [0.1, 0.15) is 12.2 Å². The van der Waals surface area contributed by atoms with Crippen molar-refractivity contribution in [2.24, 2.45) is 0 Å². The van der Waals surface area contributed by atoms with Crippen LogP contribution in [0.2, 0.25) is 0 Å². The molecule has 3 N–H and O–H groups in total. The number of imide groups is 1. The molecule has 2 aromatic carbocycles. The summed E-state index contributed by atoms with van der Waals surface area (Å²) in [7, 11) is 1.92. The number of urea groups is 1. The van der Waals surface area contributed by atoms with Crippen molar-refractivity contribution in [1.82, 2.24) is 20.4 Å². The van der Waals surface area contributed by atoms with Gasteiger partial charge in [-0.15, -0.1) is 0 Å². The van der Waals surface area contributed by atoms with Gasteiger partial charge in [0, 0.05) is 18.3 Å². The second kappa shape index (κ2) is 9.66. The van der Waals surface area contributed by atoms with Crippen molar-refractivity contribution in [2.45, 2.75) is 13.5 Å². The number of nitrogens with one attached hydrogen (secondary N) is 3. The summed E-state index contributed by atoms with van der Waals surface area (Å²) in [6, 6.07) is 19.4. The first-order valence-electron chi connectivity index (χ1n) is 9.65. The number of amides is 3. The fourth-order valence-corrected chi connectivity index (χ4v) is 3.13. The normalized spacial score (nSPS) is 11.7. The minimum atomic E-state index is -0.466. The molecule has 3 aromatic rings. The van der Waals surface area contributed by atoms with Crippen molar-refractivity contribution < 1.29 is 14.5 Å². The first kappa shape index (κ1) is 20.3. The number of hydrogen-bond donors (Lipinski definition) is 3. The van der Waals surface area contributed by atoms with Gasteiger partial charge in [-0.1, -0.05) is 48.5 Å². The molecule has 1 atom stereocenters. The molecule has 3 amide bonds. The topological polar surface area (TPSA) is 80.5 Å². The highest BCUT2D eigenvalue weighted by atomic mass is 16.2. The van der Waals surface area contributed by atoms with Crippen molar-refractivity contribution in [3.05, 3.63) is 72.4 Å². The zero-order chi connectivity index (χ0) is 20.6. The maximum Gasteiger partial charge on any atom is 0.321 e. The summed E-state index contributed by atoms with van der Waals surface area (Å²) in [5.74, 6) is -0.315. The predicted molar refractivity (Wildman–Crippen MR) is 112 cm³/mol.